The Hall–Kier alpha value is -3.48. The Morgan fingerprint density at radius 2 is 1.66 bits per heavy atom. The summed E-state index contributed by atoms with van der Waals surface area (Å²) in [6.45, 7) is 7.41. The van der Waals surface area contributed by atoms with E-state index in [0.29, 0.717) is 5.56 Å². The summed E-state index contributed by atoms with van der Waals surface area (Å²) in [6, 6.07) is 10.0. The van der Waals surface area contributed by atoms with Gasteiger partial charge in [-0.15, -0.1) is 0 Å². The molecule has 1 heterocycles. The highest BCUT2D eigenvalue weighted by Gasteiger charge is 2.32. The molecule has 0 saturated heterocycles. The van der Waals surface area contributed by atoms with Crippen LogP contribution in [-0.4, -0.2) is 48.7 Å². The molecule has 0 saturated carbocycles. The zero-order valence-electron chi connectivity index (χ0n) is 21.3. The number of benzene rings is 2. The Kier molecular flexibility index (Phi) is 8.10. The average Bonchev–Trinajstić information content (AvgIpc) is 2.84. The molecular weight excluding hydrogens is 444 g/mol. The zero-order chi connectivity index (χ0) is 25.9. The van der Waals surface area contributed by atoms with Crippen LogP contribution in [0.4, 0.5) is 0 Å². The van der Waals surface area contributed by atoms with E-state index in [-0.39, 0.29) is 31.0 Å². The van der Waals surface area contributed by atoms with Crippen LogP contribution < -0.4 is 5.32 Å². The lowest BCUT2D eigenvalue weighted by molar-refractivity contribution is -0.145. The van der Waals surface area contributed by atoms with Crippen LogP contribution in [0.2, 0.25) is 0 Å². The number of methoxy groups -OCH3 is 1. The SMILES string of the molecule is CCC(=O)N(C)[C@@H]1C(=O)C[C@@H](C)C(=O)N[C@H](C(=O)OC)Cc2ccc(C)c(c2)-c2cc1ccc2C. The Morgan fingerprint density at radius 3 is 2.29 bits per heavy atom. The Morgan fingerprint density at radius 1 is 1.03 bits per heavy atom. The number of aryl methyl sites for hydroxylation is 2. The normalized spacial score (nSPS) is 20.5. The van der Waals surface area contributed by atoms with E-state index in [0.717, 1.165) is 27.8 Å². The lowest BCUT2D eigenvalue weighted by Gasteiger charge is -2.29. The van der Waals surface area contributed by atoms with Gasteiger partial charge in [0.05, 0.1) is 7.11 Å². The molecule has 7 heteroatoms. The van der Waals surface area contributed by atoms with E-state index in [1.54, 1.807) is 20.9 Å². The predicted molar refractivity (Wildman–Crippen MR) is 134 cm³/mol. The molecule has 4 bridgehead atoms. The monoisotopic (exact) mass is 478 g/mol. The molecule has 3 rings (SSSR count). The minimum absolute atomic E-state index is 0.0702. The largest absolute Gasteiger partial charge is 0.467 e. The molecule has 2 amide bonds. The molecule has 0 unspecified atom stereocenters. The van der Waals surface area contributed by atoms with E-state index in [4.69, 9.17) is 4.74 Å². The van der Waals surface area contributed by atoms with Crippen molar-refractivity contribution >= 4 is 23.6 Å². The third-order valence-corrected chi connectivity index (χ3v) is 6.75. The van der Waals surface area contributed by atoms with Crippen molar-refractivity contribution in [1.82, 2.24) is 10.2 Å². The molecule has 0 fully saturated rings. The molecule has 0 aliphatic carbocycles. The molecular formula is C28H34N2O5. The molecule has 1 aliphatic rings. The number of fused-ring (bicyclic) bond motifs is 5. The highest BCUT2D eigenvalue weighted by atomic mass is 16.5. The lowest BCUT2D eigenvalue weighted by Crippen LogP contribution is -2.46. The van der Waals surface area contributed by atoms with Gasteiger partial charge in [-0.25, -0.2) is 4.79 Å². The third-order valence-electron chi connectivity index (χ3n) is 6.75. The van der Waals surface area contributed by atoms with Gasteiger partial charge >= 0.3 is 5.97 Å². The van der Waals surface area contributed by atoms with Gasteiger partial charge in [-0.05, 0) is 53.3 Å². The van der Waals surface area contributed by atoms with Crippen molar-refractivity contribution in [2.45, 2.75) is 59.0 Å². The van der Waals surface area contributed by atoms with Gasteiger partial charge in [-0.1, -0.05) is 44.2 Å². The van der Waals surface area contributed by atoms with E-state index < -0.39 is 29.9 Å². The van der Waals surface area contributed by atoms with E-state index in [2.05, 4.69) is 5.32 Å². The first-order chi connectivity index (χ1) is 16.6. The summed E-state index contributed by atoms with van der Waals surface area (Å²) < 4.78 is 4.94. The molecule has 35 heavy (non-hydrogen) atoms. The number of rotatable bonds is 3. The molecule has 7 nitrogen and oxygen atoms in total. The number of hydrogen-bond donors (Lipinski definition) is 1. The van der Waals surface area contributed by atoms with E-state index >= 15 is 0 Å². The lowest BCUT2D eigenvalue weighted by atomic mass is 9.87. The number of ether oxygens (including phenoxy) is 1. The number of ketones is 1. The summed E-state index contributed by atoms with van der Waals surface area (Å²) in [4.78, 5) is 53.1. The van der Waals surface area contributed by atoms with E-state index in [1.807, 2.05) is 50.2 Å². The van der Waals surface area contributed by atoms with Crippen LogP contribution in [0.1, 0.15) is 55.0 Å². The maximum Gasteiger partial charge on any atom is 0.328 e. The second kappa shape index (κ2) is 10.8. The molecule has 2 aromatic rings. The molecule has 0 radical (unpaired) electrons. The molecule has 1 aliphatic heterocycles. The second-order valence-electron chi connectivity index (χ2n) is 9.34. The van der Waals surface area contributed by atoms with Crippen molar-refractivity contribution in [1.29, 1.82) is 0 Å². The summed E-state index contributed by atoms with van der Waals surface area (Å²) >= 11 is 0. The van der Waals surface area contributed by atoms with Crippen molar-refractivity contribution in [3.8, 4) is 11.1 Å². The number of esters is 1. The summed E-state index contributed by atoms with van der Waals surface area (Å²) in [5.74, 6) is -2.04. The van der Waals surface area contributed by atoms with Gasteiger partial charge in [0.2, 0.25) is 11.8 Å². The fourth-order valence-electron chi connectivity index (χ4n) is 4.60. The Labute approximate surface area is 206 Å². The molecule has 0 aromatic heterocycles. The number of nitrogens with zero attached hydrogens (tertiary/aromatic N) is 1. The molecule has 186 valence electrons. The first-order valence-electron chi connectivity index (χ1n) is 11.9. The fraction of sp³-hybridized carbons (Fsp3) is 0.429. The summed E-state index contributed by atoms with van der Waals surface area (Å²) in [7, 11) is 2.91. The minimum atomic E-state index is -0.879. The standard InChI is InChI=1S/C28H34N2O5/c1-7-25(32)30(5)26-20-11-9-17(3)22(15-20)21-13-19(10-8-16(21)2)14-23(28(34)35-6)29-27(33)18(4)12-24(26)31/h8-11,13,15,18,23,26H,7,12,14H2,1-6H3,(H,29,33)/t18-,23+,26+/m1/s1. The second-order valence-corrected chi connectivity index (χ2v) is 9.34. The van der Waals surface area contributed by atoms with Gasteiger partial charge in [0.15, 0.2) is 5.78 Å². The maximum atomic E-state index is 13.5. The van der Waals surface area contributed by atoms with Crippen molar-refractivity contribution in [3.05, 3.63) is 58.7 Å². The van der Waals surface area contributed by atoms with Crippen LogP contribution in [0.5, 0.6) is 0 Å². The van der Waals surface area contributed by atoms with Gasteiger partial charge in [-0.2, -0.15) is 0 Å². The molecule has 3 atom stereocenters. The van der Waals surface area contributed by atoms with Gasteiger partial charge in [0.1, 0.15) is 12.1 Å². The molecule has 1 N–H and O–H groups in total. The van der Waals surface area contributed by atoms with Gasteiger partial charge < -0.3 is 15.0 Å². The van der Waals surface area contributed by atoms with Crippen LogP contribution in [-0.2, 0) is 30.3 Å². The quantitative estimate of drug-likeness (QED) is 0.680. The average molecular weight is 479 g/mol. The highest BCUT2D eigenvalue weighted by Crippen LogP contribution is 2.33. The highest BCUT2D eigenvalue weighted by molar-refractivity contribution is 5.94. The van der Waals surface area contributed by atoms with Gasteiger partial charge in [0.25, 0.3) is 0 Å². The third kappa shape index (κ3) is 5.61. The number of nitrogens with one attached hydrogen (secondary N) is 1. The molecule has 2 aromatic carbocycles. The maximum absolute atomic E-state index is 13.5. The minimum Gasteiger partial charge on any atom is -0.467 e. The number of carbonyl (C=O) groups excluding carboxylic acids is 4. The van der Waals surface area contributed by atoms with Crippen LogP contribution in [0.25, 0.3) is 11.1 Å². The first-order valence-corrected chi connectivity index (χ1v) is 11.9. The van der Waals surface area contributed by atoms with Crippen molar-refractivity contribution in [3.63, 3.8) is 0 Å². The predicted octanol–water partition coefficient (Wildman–Crippen LogP) is 3.69. The van der Waals surface area contributed by atoms with Crippen LogP contribution >= 0.6 is 0 Å². The van der Waals surface area contributed by atoms with E-state index in [9.17, 15) is 19.2 Å². The Balaban J connectivity index is 2.23. The van der Waals surface area contributed by atoms with Crippen molar-refractivity contribution in [2.24, 2.45) is 5.92 Å². The smallest absolute Gasteiger partial charge is 0.328 e. The van der Waals surface area contributed by atoms with E-state index in [1.165, 1.54) is 12.0 Å². The van der Waals surface area contributed by atoms with Gasteiger partial charge in [-0.3, -0.25) is 14.4 Å². The van der Waals surface area contributed by atoms with Crippen LogP contribution in [0.15, 0.2) is 36.4 Å². The van der Waals surface area contributed by atoms with Crippen molar-refractivity contribution < 1.29 is 23.9 Å². The number of Topliss-reactive ketones (excluding diaryl/α,β-unsaturated/α-hetero) is 1. The Bertz CT molecular complexity index is 1160. The number of carbonyl (C=O) groups is 4. The van der Waals surface area contributed by atoms with Crippen molar-refractivity contribution in [2.75, 3.05) is 14.2 Å². The summed E-state index contributed by atoms with van der Waals surface area (Å²) in [5, 5.41) is 2.77. The van der Waals surface area contributed by atoms with Crippen LogP contribution in [0, 0.1) is 19.8 Å². The summed E-state index contributed by atoms with van der Waals surface area (Å²) in [6.07, 6.45) is 0.456. The summed E-state index contributed by atoms with van der Waals surface area (Å²) in [5.41, 5.74) is 5.58. The topological polar surface area (TPSA) is 92.8 Å². The zero-order valence-corrected chi connectivity index (χ0v) is 21.3. The molecule has 0 spiro atoms. The number of likely N-dealkylation sites (N-methyl/N-ethyl adjacent to an activating group) is 1. The first kappa shape index (κ1) is 26.1. The number of hydrogen-bond acceptors (Lipinski definition) is 5. The van der Waals surface area contributed by atoms with Gasteiger partial charge in [0, 0.05) is 32.2 Å². The fourth-order valence-corrected chi connectivity index (χ4v) is 4.60. The number of amides is 2. The van der Waals surface area contributed by atoms with Crippen LogP contribution in [0.3, 0.4) is 0 Å².